The summed E-state index contributed by atoms with van der Waals surface area (Å²) in [6, 6.07) is 8.67. The smallest absolute Gasteiger partial charge is 0.243 e. The van der Waals surface area contributed by atoms with Gasteiger partial charge < -0.3 is 4.74 Å². The van der Waals surface area contributed by atoms with Crippen molar-refractivity contribution in [3.05, 3.63) is 30.3 Å². The molecule has 0 N–H and O–H groups in total. The molecule has 2 saturated heterocycles. The van der Waals surface area contributed by atoms with E-state index in [1.807, 2.05) is 6.07 Å². The summed E-state index contributed by atoms with van der Waals surface area (Å²) in [5.41, 5.74) is 0.267. The topological polar surface area (TPSA) is 46.6 Å². The molecule has 18 heavy (non-hydrogen) atoms. The second kappa shape index (κ2) is 4.33. The molecule has 2 aliphatic rings. The molecule has 5 heteroatoms. The zero-order valence-electron chi connectivity index (χ0n) is 10.2. The van der Waals surface area contributed by atoms with E-state index in [1.165, 1.54) is 0 Å². The minimum atomic E-state index is -3.30. The Hall–Kier alpha value is -0.910. The first kappa shape index (κ1) is 12.1. The molecule has 0 radical (unpaired) electrons. The number of ether oxygens (including phenoxy) is 1. The normalized spacial score (nSPS) is 23.8. The van der Waals surface area contributed by atoms with Crippen molar-refractivity contribution in [2.24, 2.45) is 5.41 Å². The summed E-state index contributed by atoms with van der Waals surface area (Å²) in [6.45, 7) is 2.82. The number of hydrogen-bond donors (Lipinski definition) is 0. The molecule has 0 aliphatic carbocycles. The van der Waals surface area contributed by atoms with Gasteiger partial charge in [-0.05, 0) is 25.0 Å². The lowest BCUT2D eigenvalue weighted by Gasteiger charge is -2.46. The van der Waals surface area contributed by atoms with Gasteiger partial charge in [0, 0.05) is 18.5 Å². The van der Waals surface area contributed by atoms with Crippen LogP contribution in [0.25, 0.3) is 0 Å². The minimum Gasteiger partial charge on any atom is -0.380 e. The predicted molar refractivity (Wildman–Crippen MR) is 67.7 cm³/mol. The summed E-state index contributed by atoms with van der Waals surface area (Å²) in [5.74, 6) is 0. The number of piperidine rings is 1. The molecule has 0 aromatic heterocycles. The first-order chi connectivity index (χ1) is 8.62. The van der Waals surface area contributed by atoms with E-state index in [0.717, 1.165) is 26.1 Å². The molecule has 3 rings (SSSR count). The van der Waals surface area contributed by atoms with E-state index in [2.05, 4.69) is 0 Å². The Labute approximate surface area is 108 Å². The van der Waals surface area contributed by atoms with Crippen molar-refractivity contribution in [2.75, 3.05) is 26.3 Å². The minimum absolute atomic E-state index is 0.267. The molecule has 2 fully saturated rings. The van der Waals surface area contributed by atoms with E-state index in [0.29, 0.717) is 18.0 Å². The fourth-order valence-electron chi connectivity index (χ4n) is 2.62. The van der Waals surface area contributed by atoms with Crippen molar-refractivity contribution >= 4 is 10.0 Å². The van der Waals surface area contributed by atoms with Gasteiger partial charge in [-0.2, -0.15) is 4.31 Å². The molecule has 0 bridgehead atoms. The average Bonchev–Trinajstić information content (AvgIpc) is 2.38. The number of nitrogens with zero attached hydrogens (tertiary/aromatic N) is 1. The van der Waals surface area contributed by atoms with Crippen molar-refractivity contribution in [1.29, 1.82) is 0 Å². The lowest BCUT2D eigenvalue weighted by atomic mass is 9.77. The van der Waals surface area contributed by atoms with Crippen LogP contribution in [-0.2, 0) is 14.8 Å². The van der Waals surface area contributed by atoms with Gasteiger partial charge in [0.05, 0.1) is 18.1 Å². The highest BCUT2D eigenvalue weighted by molar-refractivity contribution is 7.89. The van der Waals surface area contributed by atoms with Gasteiger partial charge >= 0.3 is 0 Å². The summed E-state index contributed by atoms with van der Waals surface area (Å²) in [7, 11) is -3.30. The van der Waals surface area contributed by atoms with Crippen LogP contribution in [0.1, 0.15) is 12.8 Å². The van der Waals surface area contributed by atoms with Crippen LogP contribution < -0.4 is 0 Å². The Morgan fingerprint density at radius 1 is 1.06 bits per heavy atom. The van der Waals surface area contributed by atoms with E-state index in [9.17, 15) is 8.42 Å². The van der Waals surface area contributed by atoms with Crippen LogP contribution in [0.4, 0.5) is 0 Å². The fourth-order valence-corrected chi connectivity index (χ4v) is 4.08. The van der Waals surface area contributed by atoms with Gasteiger partial charge in [-0.15, -0.1) is 0 Å². The van der Waals surface area contributed by atoms with E-state index >= 15 is 0 Å². The Balaban J connectivity index is 1.76. The molecule has 0 amide bonds. The molecular weight excluding hydrogens is 250 g/mol. The van der Waals surface area contributed by atoms with Gasteiger partial charge in [-0.25, -0.2) is 8.42 Å². The van der Waals surface area contributed by atoms with Crippen molar-refractivity contribution < 1.29 is 13.2 Å². The number of benzene rings is 1. The van der Waals surface area contributed by atoms with Gasteiger partial charge in [0.25, 0.3) is 0 Å². The van der Waals surface area contributed by atoms with E-state index < -0.39 is 10.0 Å². The van der Waals surface area contributed by atoms with E-state index in [1.54, 1.807) is 28.6 Å². The number of hydrogen-bond acceptors (Lipinski definition) is 3. The highest BCUT2D eigenvalue weighted by atomic mass is 32.2. The van der Waals surface area contributed by atoms with Crippen LogP contribution in [0.3, 0.4) is 0 Å². The van der Waals surface area contributed by atoms with Crippen LogP contribution in [0, 0.1) is 5.41 Å². The lowest BCUT2D eigenvalue weighted by Crippen LogP contribution is -2.51. The predicted octanol–water partition coefficient (Wildman–Crippen LogP) is 1.49. The molecule has 2 heterocycles. The standard InChI is InChI=1S/C13H17NO3S/c15-18(16,12-4-2-1-3-5-12)14-8-6-13(7-9-14)10-17-11-13/h1-5H,6-11H2. The zero-order valence-corrected chi connectivity index (χ0v) is 11.0. The van der Waals surface area contributed by atoms with Crippen molar-refractivity contribution in [3.63, 3.8) is 0 Å². The average molecular weight is 267 g/mol. The Morgan fingerprint density at radius 3 is 2.17 bits per heavy atom. The fraction of sp³-hybridized carbons (Fsp3) is 0.538. The second-order valence-corrected chi connectivity index (χ2v) is 7.15. The monoisotopic (exact) mass is 267 g/mol. The van der Waals surface area contributed by atoms with Crippen molar-refractivity contribution in [3.8, 4) is 0 Å². The Kier molecular flexibility index (Phi) is 2.92. The third-order valence-corrected chi connectivity index (χ3v) is 5.89. The van der Waals surface area contributed by atoms with Gasteiger partial charge in [-0.3, -0.25) is 0 Å². The van der Waals surface area contributed by atoms with Crippen LogP contribution in [-0.4, -0.2) is 39.0 Å². The second-order valence-electron chi connectivity index (χ2n) is 5.21. The van der Waals surface area contributed by atoms with Crippen molar-refractivity contribution in [1.82, 2.24) is 4.31 Å². The molecule has 98 valence electrons. The van der Waals surface area contributed by atoms with Gasteiger partial charge in [0.15, 0.2) is 0 Å². The third kappa shape index (κ3) is 1.96. The maximum atomic E-state index is 12.4. The maximum Gasteiger partial charge on any atom is 0.243 e. The molecule has 2 aliphatic heterocycles. The van der Waals surface area contributed by atoms with Crippen LogP contribution in [0.15, 0.2) is 35.2 Å². The SMILES string of the molecule is O=S(=O)(c1ccccc1)N1CCC2(CC1)COC2. The van der Waals surface area contributed by atoms with Crippen LogP contribution in [0.2, 0.25) is 0 Å². The van der Waals surface area contributed by atoms with Crippen LogP contribution in [0.5, 0.6) is 0 Å². The summed E-state index contributed by atoms with van der Waals surface area (Å²) in [5, 5.41) is 0. The first-order valence-electron chi connectivity index (χ1n) is 6.25. The number of rotatable bonds is 2. The van der Waals surface area contributed by atoms with Gasteiger partial charge in [0.2, 0.25) is 10.0 Å². The largest absolute Gasteiger partial charge is 0.380 e. The van der Waals surface area contributed by atoms with Gasteiger partial charge in [-0.1, -0.05) is 18.2 Å². The highest BCUT2D eigenvalue weighted by Gasteiger charge is 2.43. The molecule has 0 saturated carbocycles. The number of sulfonamides is 1. The molecular formula is C13H17NO3S. The summed E-state index contributed by atoms with van der Waals surface area (Å²) in [4.78, 5) is 0.394. The lowest BCUT2D eigenvalue weighted by molar-refractivity contribution is -0.133. The Bertz CT molecular complexity index is 512. The molecule has 1 aromatic rings. The summed E-state index contributed by atoms with van der Waals surface area (Å²) < 4.78 is 31.7. The van der Waals surface area contributed by atoms with E-state index in [4.69, 9.17) is 4.74 Å². The quantitative estimate of drug-likeness (QED) is 0.815. The van der Waals surface area contributed by atoms with Crippen LogP contribution >= 0.6 is 0 Å². The van der Waals surface area contributed by atoms with Gasteiger partial charge in [0.1, 0.15) is 0 Å². The molecule has 1 aromatic carbocycles. The third-order valence-electron chi connectivity index (χ3n) is 3.98. The van der Waals surface area contributed by atoms with Crippen molar-refractivity contribution in [2.45, 2.75) is 17.7 Å². The molecule has 1 spiro atoms. The summed E-state index contributed by atoms with van der Waals surface area (Å²) >= 11 is 0. The summed E-state index contributed by atoms with van der Waals surface area (Å²) in [6.07, 6.45) is 1.83. The molecule has 0 atom stereocenters. The zero-order chi connectivity index (χ0) is 12.6. The molecule has 4 nitrogen and oxygen atoms in total. The molecule has 0 unspecified atom stereocenters. The maximum absolute atomic E-state index is 12.4. The first-order valence-corrected chi connectivity index (χ1v) is 7.69. The van der Waals surface area contributed by atoms with E-state index in [-0.39, 0.29) is 5.41 Å². The Morgan fingerprint density at radius 2 is 1.67 bits per heavy atom. The highest BCUT2D eigenvalue weighted by Crippen LogP contribution is 2.39.